The summed E-state index contributed by atoms with van der Waals surface area (Å²) in [5, 5.41) is 2.45. The Bertz CT molecular complexity index is 60.8. The van der Waals surface area contributed by atoms with Crippen LogP contribution in [0.3, 0.4) is 0 Å². The van der Waals surface area contributed by atoms with Crippen LogP contribution >= 0.6 is 0 Å². The van der Waals surface area contributed by atoms with E-state index in [1.54, 1.807) is 0 Å². The molecule has 1 heterocycles. The quantitative estimate of drug-likeness (QED) is 0.468. The van der Waals surface area contributed by atoms with Gasteiger partial charge in [-0.1, -0.05) is 6.92 Å². The Balaban J connectivity index is 2.28. The zero-order valence-corrected chi connectivity index (χ0v) is 5.85. The van der Waals surface area contributed by atoms with E-state index in [-0.39, 0.29) is 0 Å². The summed E-state index contributed by atoms with van der Waals surface area (Å²) in [5.74, 6) is 0.948. The molecule has 1 heteroatoms. The fraction of sp³-hybridized carbons (Fsp3) is 1.00. The highest BCUT2D eigenvalue weighted by Crippen LogP contribution is 2.09. The van der Waals surface area contributed by atoms with Gasteiger partial charge in [0.25, 0.3) is 0 Å². The van der Waals surface area contributed by atoms with Crippen molar-refractivity contribution in [1.29, 1.82) is 0 Å². The molecule has 1 aliphatic rings. The third-order valence-corrected chi connectivity index (χ3v) is 2.30. The summed E-state index contributed by atoms with van der Waals surface area (Å²) in [6, 6.07) is 0.878. The molecule has 0 aromatic heterocycles. The number of hydrogen-bond acceptors (Lipinski definition) is 0. The predicted octanol–water partition coefficient (Wildman–Crippen LogP) is 0.368. The van der Waals surface area contributed by atoms with Crippen LogP contribution in [0, 0.1) is 5.92 Å². The lowest BCUT2D eigenvalue weighted by Gasteiger charge is -2.22. The van der Waals surface area contributed by atoms with Gasteiger partial charge in [0.1, 0.15) is 0 Å². The second-order valence-electron chi connectivity index (χ2n) is 3.00. The summed E-state index contributed by atoms with van der Waals surface area (Å²) in [4.78, 5) is 0. The maximum atomic E-state index is 2.45. The zero-order chi connectivity index (χ0) is 5.98. The minimum Gasteiger partial charge on any atom is -0.344 e. The summed E-state index contributed by atoms with van der Waals surface area (Å²) in [5.41, 5.74) is 0. The highest BCUT2D eigenvalue weighted by atomic mass is 14.9. The van der Waals surface area contributed by atoms with Crippen molar-refractivity contribution in [2.45, 2.75) is 32.7 Å². The maximum Gasteiger partial charge on any atom is 0.0856 e. The summed E-state index contributed by atoms with van der Waals surface area (Å²) < 4.78 is 0. The number of nitrogens with two attached hydrogens (primary N) is 1. The van der Waals surface area contributed by atoms with E-state index in [1.807, 2.05) is 0 Å². The standard InChI is InChI=1S/C7H15N/c1-6-4-3-5-8-7(6)2/h6-8H,3-5H2,1-2H3/p+1/t6-,7-/m0/s1. The molecular formula is C7H16N+. The Morgan fingerprint density at radius 2 is 2.12 bits per heavy atom. The van der Waals surface area contributed by atoms with Crippen molar-refractivity contribution in [2.75, 3.05) is 6.54 Å². The largest absolute Gasteiger partial charge is 0.344 e. The van der Waals surface area contributed by atoms with E-state index in [2.05, 4.69) is 19.2 Å². The molecule has 1 rings (SSSR count). The van der Waals surface area contributed by atoms with Crippen LogP contribution in [0.2, 0.25) is 0 Å². The molecule has 48 valence electrons. The molecule has 8 heavy (non-hydrogen) atoms. The van der Waals surface area contributed by atoms with E-state index < -0.39 is 0 Å². The Labute approximate surface area is 51.5 Å². The van der Waals surface area contributed by atoms with Gasteiger partial charge in [-0.3, -0.25) is 0 Å². The van der Waals surface area contributed by atoms with E-state index in [1.165, 1.54) is 19.4 Å². The van der Waals surface area contributed by atoms with Crippen molar-refractivity contribution < 1.29 is 5.32 Å². The van der Waals surface area contributed by atoms with Crippen LogP contribution in [0.4, 0.5) is 0 Å². The van der Waals surface area contributed by atoms with Crippen LogP contribution < -0.4 is 5.32 Å². The average Bonchev–Trinajstić information content (AvgIpc) is 1.77. The predicted molar refractivity (Wildman–Crippen MR) is 34.7 cm³/mol. The molecule has 1 saturated heterocycles. The summed E-state index contributed by atoms with van der Waals surface area (Å²) in [6.07, 6.45) is 2.86. The fourth-order valence-corrected chi connectivity index (χ4v) is 1.32. The SMILES string of the molecule is C[C@@H]1[NH2+]CCC[C@@H]1C. The van der Waals surface area contributed by atoms with E-state index in [0.29, 0.717) is 0 Å². The Morgan fingerprint density at radius 3 is 2.50 bits per heavy atom. The smallest absolute Gasteiger partial charge is 0.0856 e. The lowest BCUT2D eigenvalue weighted by molar-refractivity contribution is -0.700. The van der Waals surface area contributed by atoms with Gasteiger partial charge in [-0.25, -0.2) is 0 Å². The number of quaternary nitrogens is 1. The molecule has 0 aliphatic carbocycles. The summed E-state index contributed by atoms with van der Waals surface area (Å²) in [7, 11) is 0. The van der Waals surface area contributed by atoms with Gasteiger partial charge < -0.3 is 5.32 Å². The van der Waals surface area contributed by atoms with E-state index in [4.69, 9.17) is 0 Å². The van der Waals surface area contributed by atoms with Gasteiger partial charge in [0.05, 0.1) is 12.6 Å². The first-order valence-electron chi connectivity index (χ1n) is 3.64. The molecule has 0 amide bonds. The van der Waals surface area contributed by atoms with Crippen molar-refractivity contribution in [1.82, 2.24) is 0 Å². The molecule has 0 saturated carbocycles. The first-order chi connectivity index (χ1) is 3.80. The first-order valence-corrected chi connectivity index (χ1v) is 3.64. The van der Waals surface area contributed by atoms with Gasteiger partial charge in [0, 0.05) is 5.92 Å². The molecule has 1 nitrogen and oxygen atoms in total. The van der Waals surface area contributed by atoms with E-state index >= 15 is 0 Å². The Kier molecular flexibility index (Phi) is 1.90. The maximum absolute atomic E-state index is 2.45. The van der Waals surface area contributed by atoms with Crippen LogP contribution in [0.1, 0.15) is 26.7 Å². The van der Waals surface area contributed by atoms with Gasteiger partial charge in [-0.15, -0.1) is 0 Å². The average molecular weight is 114 g/mol. The first kappa shape index (κ1) is 6.09. The second-order valence-corrected chi connectivity index (χ2v) is 3.00. The van der Waals surface area contributed by atoms with Crippen LogP contribution in [-0.2, 0) is 0 Å². The molecule has 1 aliphatic heterocycles. The molecule has 0 aromatic rings. The third-order valence-electron chi connectivity index (χ3n) is 2.30. The molecule has 0 unspecified atom stereocenters. The molecular weight excluding hydrogens is 98.1 g/mol. The number of rotatable bonds is 0. The monoisotopic (exact) mass is 114 g/mol. The van der Waals surface area contributed by atoms with Crippen LogP contribution in [0.15, 0.2) is 0 Å². The molecule has 0 radical (unpaired) electrons. The molecule has 0 aromatic carbocycles. The zero-order valence-electron chi connectivity index (χ0n) is 5.85. The topological polar surface area (TPSA) is 16.6 Å². The summed E-state index contributed by atoms with van der Waals surface area (Å²) in [6.45, 7) is 6.02. The summed E-state index contributed by atoms with van der Waals surface area (Å²) >= 11 is 0. The van der Waals surface area contributed by atoms with Crippen molar-refractivity contribution in [3.05, 3.63) is 0 Å². The number of piperidine rings is 1. The van der Waals surface area contributed by atoms with Gasteiger partial charge in [-0.05, 0) is 19.8 Å². The van der Waals surface area contributed by atoms with E-state index in [9.17, 15) is 0 Å². The van der Waals surface area contributed by atoms with Gasteiger partial charge in [0.2, 0.25) is 0 Å². The third kappa shape index (κ3) is 1.22. The highest BCUT2D eigenvalue weighted by molar-refractivity contribution is 4.61. The molecule has 0 spiro atoms. The van der Waals surface area contributed by atoms with Crippen LogP contribution in [-0.4, -0.2) is 12.6 Å². The lowest BCUT2D eigenvalue weighted by Crippen LogP contribution is -2.92. The van der Waals surface area contributed by atoms with E-state index in [0.717, 1.165) is 12.0 Å². The molecule has 2 atom stereocenters. The van der Waals surface area contributed by atoms with Crippen molar-refractivity contribution >= 4 is 0 Å². The van der Waals surface area contributed by atoms with Crippen LogP contribution in [0.25, 0.3) is 0 Å². The minimum absolute atomic E-state index is 0.878. The van der Waals surface area contributed by atoms with Gasteiger partial charge >= 0.3 is 0 Å². The number of hydrogen-bond donors (Lipinski definition) is 1. The fourth-order valence-electron chi connectivity index (χ4n) is 1.32. The molecule has 1 fully saturated rings. The highest BCUT2D eigenvalue weighted by Gasteiger charge is 2.18. The molecule has 0 bridgehead atoms. The van der Waals surface area contributed by atoms with Crippen molar-refractivity contribution in [2.24, 2.45) is 5.92 Å². The Morgan fingerprint density at radius 1 is 1.38 bits per heavy atom. The van der Waals surface area contributed by atoms with Crippen LogP contribution in [0.5, 0.6) is 0 Å². The van der Waals surface area contributed by atoms with Gasteiger partial charge in [0.15, 0.2) is 0 Å². The molecule has 2 N–H and O–H groups in total. The second kappa shape index (κ2) is 2.49. The normalized spacial score (nSPS) is 39.8. The van der Waals surface area contributed by atoms with Crippen molar-refractivity contribution in [3.8, 4) is 0 Å². The minimum atomic E-state index is 0.878. The lowest BCUT2D eigenvalue weighted by atomic mass is 9.94. The Hall–Kier alpha value is -0.0400. The van der Waals surface area contributed by atoms with Crippen molar-refractivity contribution in [3.63, 3.8) is 0 Å². The van der Waals surface area contributed by atoms with Gasteiger partial charge in [-0.2, -0.15) is 0 Å².